The lowest BCUT2D eigenvalue weighted by atomic mass is 9.85. The first-order valence-electron chi connectivity index (χ1n) is 5.01. The molecule has 0 bridgehead atoms. The minimum Gasteiger partial charge on any atom is -0.481 e. The van der Waals surface area contributed by atoms with Crippen LogP contribution in [0.25, 0.3) is 0 Å². The van der Waals surface area contributed by atoms with E-state index in [1.54, 1.807) is 20.1 Å². The number of carbonyl (C=O) groups excluding carboxylic acids is 1. The average Bonchev–Trinajstić information content (AvgIpc) is 1.98. The molecule has 0 aromatic carbocycles. The molecule has 94 valence electrons. The molecular formula is C10H19NO4S. The van der Waals surface area contributed by atoms with Crippen molar-refractivity contribution < 1.29 is 18.9 Å². The fourth-order valence-corrected chi connectivity index (χ4v) is 1.69. The molecule has 0 aromatic heterocycles. The second-order valence-corrected chi connectivity index (χ2v) is 6.09. The highest BCUT2D eigenvalue weighted by molar-refractivity contribution is 7.84. The summed E-state index contributed by atoms with van der Waals surface area (Å²) in [5.41, 5.74) is -0.554. The van der Waals surface area contributed by atoms with Crippen molar-refractivity contribution in [3.05, 3.63) is 0 Å². The van der Waals surface area contributed by atoms with Gasteiger partial charge in [-0.3, -0.25) is 13.8 Å². The van der Waals surface area contributed by atoms with Crippen LogP contribution < -0.4 is 5.32 Å². The van der Waals surface area contributed by atoms with Gasteiger partial charge < -0.3 is 10.4 Å². The molecule has 0 saturated carbocycles. The molecule has 0 heterocycles. The number of hydrogen-bond acceptors (Lipinski definition) is 3. The van der Waals surface area contributed by atoms with Crippen LogP contribution in [0.4, 0.5) is 0 Å². The van der Waals surface area contributed by atoms with Gasteiger partial charge in [-0.15, -0.1) is 0 Å². The Kier molecular flexibility index (Phi) is 6.25. The van der Waals surface area contributed by atoms with E-state index in [1.165, 1.54) is 0 Å². The number of carboxylic acid groups (broad SMARTS) is 1. The normalized spacial score (nSPS) is 13.2. The van der Waals surface area contributed by atoms with E-state index in [-0.39, 0.29) is 18.7 Å². The Balaban J connectivity index is 3.94. The first-order valence-corrected chi connectivity index (χ1v) is 6.74. The molecule has 16 heavy (non-hydrogen) atoms. The molecule has 0 fully saturated rings. The van der Waals surface area contributed by atoms with Crippen LogP contribution >= 0.6 is 0 Å². The Morgan fingerprint density at radius 3 is 2.31 bits per heavy atom. The van der Waals surface area contributed by atoms with Gasteiger partial charge in [0.2, 0.25) is 5.91 Å². The largest absolute Gasteiger partial charge is 0.481 e. The zero-order chi connectivity index (χ0) is 12.8. The number of rotatable bonds is 7. The maximum absolute atomic E-state index is 11.4. The van der Waals surface area contributed by atoms with Gasteiger partial charge in [0.1, 0.15) is 0 Å². The maximum Gasteiger partial charge on any atom is 0.303 e. The van der Waals surface area contributed by atoms with Crippen molar-refractivity contribution >= 4 is 22.7 Å². The summed E-state index contributed by atoms with van der Waals surface area (Å²) in [6, 6.07) is 0. The van der Waals surface area contributed by atoms with Gasteiger partial charge >= 0.3 is 5.97 Å². The van der Waals surface area contributed by atoms with E-state index >= 15 is 0 Å². The minimum atomic E-state index is -0.923. The molecule has 0 saturated heterocycles. The number of hydrogen-bond donors (Lipinski definition) is 2. The molecule has 0 spiro atoms. The van der Waals surface area contributed by atoms with E-state index in [1.807, 2.05) is 0 Å². The summed E-state index contributed by atoms with van der Waals surface area (Å²) in [5, 5.41) is 11.3. The molecule has 0 aliphatic rings. The third-order valence-electron chi connectivity index (χ3n) is 1.98. The zero-order valence-electron chi connectivity index (χ0n) is 9.91. The molecular weight excluding hydrogens is 230 g/mol. The molecule has 1 unspecified atom stereocenters. The van der Waals surface area contributed by atoms with E-state index in [9.17, 15) is 13.8 Å². The predicted molar refractivity (Wildman–Crippen MR) is 62.6 cm³/mol. The maximum atomic E-state index is 11.4. The van der Waals surface area contributed by atoms with Crippen LogP contribution in [-0.4, -0.2) is 39.7 Å². The fraction of sp³-hybridized carbons (Fsp3) is 0.800. The summed E-state index contributed by atoms with van der Waals surface area (Å²) < 4.78 is 10.7. The first-order chi connectivity index (χ1) is 7.23. The van der Waals surface area contributed by atoms with Crippen molar-refractivity contribution in [2.24, 2.45) is 5.41 Å². The standard InChI is InChI=1S/C10H19NO4S/c1-10(2,7-9(13)14)6-8(12)11-4-5-16(3)15/h4-7H2,1-3H3,(H,11,12)(H,13,14). The van der Waals surface area contributed by atoms with Crippen LogP contribution in [0.1, 0.15) is 26.7 Å². The van der Waals surface area contributed by atoms with Crippen LogP contribution in [0.5, 0.6) is 0 Å². The minimum absolute atomic E-state index is 0.0415. The van der Waals surface area contributed by atoms with Gasteiger partial charge in [-0.1, -0.05) is 13.8 Å². The smallest absolute Gasteiger partial charge is 0.303 e. The van der Waals surface area contributed by atoms with Crippen molar-refractivity contribution in [1.82, 2.24) is 5.32 Å². The van der Waals surface area contributed by atoms with E-state index in [0.29, 0.717) is 12.3 Å². The van der Waals surface area contributed by atoms with Crippen LogP contribution in [-0.2, 0) is 20.4 Å². The van der Waals surface area contributed by atoms with Crippen LogP contribution in [0.15, 0.2) is 0 Å². The SMILES string of the molecule is CS(=O)CCNC(=O)CC(C)(C)CC(=O)O. The molecule has 5 nitrogen and oxygen atoms in total. The highest BCUT2D eigenvalue weighted by Crippen LogP contribution is 2.24. The number of nitrogens with one attached hydrogen (secondary N) is 1. The topological polar surface area (TPSA) is 83.5 Å². The lowest BCUT2D eigenvalue weighted by Crippen LogP contribution is -2.32. The van der Waals surface area contributed by atoms with E-state index in [4.69, 9.17) is 5.11 Å². The Bertz CT molecular complexity index is 289. The van der Waals surface area contributed by atoms with Crippen LogP contribution in [0, 0.1) is 5.41 Å². The highest BCUT2D eigenvalue weighted by atomic mass is 32.2. The number of carbonyl (C=O) groups is 2. The van der Waals surface area contributed by atoms with Gasteiger partial charge in [0.05, 0.1) is 6.42 Å². The summed E-state index contributed by atoms with van der Waals surface area (Å²) in [7, 11) is -0.923. The van der Waals surface area contributed by atoms with Gasteiger partial charge in [0, 0.05) is 35.8 Å². The lowest BCUT2D eigenvalue weighted by molar-refractivity contribution is -0.139. The second kappa shape index (κ2) is 6.62. The summed E-state index contributed by atoms with van der Waals surface area (Å²) in [4.78, 5) is 21.9. The predicted octanol–water partition coefficient (Wildman–Crippen LogP) is 0.372. The van der Waals surface area contributed by atoms with Crippen molar-refractivity contribution in [2.45, 2.75) is 26.7 Å². The van der Waals surface area contributed by atoms with Gasteiger partial charge in [-0.05, 0) is 5.41 Å². The molecule has 0 aromatic rings. The number of aliphatic carboxylic acids is 1. The van der Waals surface area contributed by atoms with E-state index < -0.39 is 22.2 Å². The summed E-state index contributed by atoms with van der Waals surface area (Å²) >= 11 is 0. The highest BCUT2D eigenvalue weighted by Gasteiger charge is 2.24. The summed E-state index contributed by atoms with van der Waals surface area (Å²) in [6.07, 6.45) is 1.69. The molecule has 0 aliphatic heterocycles. The number of amides is 1. The Morgan fingerprint density at radius 2 is 1.88 bits per heavy atom. The zero-order valence-corrected chi connectivity index (χ0v) is 10.7. The Labute approximate surface area is 98.1 Å². The van der Waals surface area contributed by atoms with E-state index in [2.05, 4.69) is 5.32 Å². The average molecular weight is 249 g/mol. The van der Waals surface area contributed by atoms with Crippen molar-refractivity contribution in [3.63, 3.8) is 0 Å². The van der Waals surface area contributed by atoms with Gasteiger partial charge in [0.25, 0.3) is 0 Å². The number of carboxylic acids is 1. The van der Waals surface area contributed by atoms with Gasteiger partial charge in [-0.25, -0.2) is 0 Å². The van der Waals surface area contributed by atoms with Crippen LogP contribution in [0.2, 0.25) is 0 Å². The molecule has 0 aliphatic carbocycles. The Hall–Kier alpha value is -0.910. The molecule has 1 atom stereocenters. The molecule has 6 heteroatoms. The fourth-order valence-electron chi connectivity index (χ4n) is 1.30. The Morgan fingerprint density at radius 1 is 1.31 bits per heavy atom. The quantitative estimate of drug-likeness (QED) is 0.683. The molecule has 0 radical (unpaired) electrons. The molecule has 2 N–H and O–H groups in total. The first kappa shape index (κ1) is 15.1. The van der Waals surface area contributed by atoms with E-state index in [0.717, 1.165) is 0 Å². The molecule has 0 rings (SSSR count). The lowest BCUT2D eigenvalue weighted by Gasteiger charge is -2.21. The van der Waals surface area contributed by atoms with Gasteiger partial charge in [0.15, 0.2) is 0 Å². The summed E-state index contributed by atoms with van der Waals surface area (Å²) in [5.74, 6) is -0.686. The van der Waals surface area contributed by atoms with Crippen molar-refractivity contribution in [3.8, 4) is 0 Å². The molecule has 1 amide bonds. The monoisotopic (exact) mass is 249 g/mol. The van der Waals surface area contributed by atoms with Crippen molar-refractivity contribution in [1.29, 1.82) is 0 Å². The van der Waals surface area contributed by atoms with Gasteiger partial charge in [-0.2, -0.15) is 0 Å². The third kappa shape index (κ3) is 8.40. The van der Waals surface area contributed by atoms with Crippen molar-refractivity contribution in [2.75, 3.05) is 18.6 Å². The third-order valence-corrected chi connectivity index (χ3v) is 2.76. The second-order valence-electron chi connectivity index (χ2n) is 4.54. The van der Waals surface area contributed by atoms with Crippen LogP contribution in [0.3, 0.4) is 0 Å². The summed E-state index contributed by atoms with van der Waals surface area (Å²) in [6.45, 7) is 3.84.